The van der Waals surface area contributed by atoms with E-state index in [0.29, 0.717) is 5.92 Å². The second-order valence-electron chi connectivity index (χ2n) is 5.65. The summed E-state index contributed by atoms with van der Waals surface area (Å²) in [7, 11) is 0. The highest BCUT2D eigenvalue weighted by Gasteiger charge is 2.49. The molecule has 2 bridgehead atoms. The van der Waals surface area contributed by atoms with Crippen LogP contribution >= 0.6 is 0 Å². The fourth-order valence-electron chi connectivity index (χ4n) is 3.56. The summed E-state index contributed by atoms with van der Waals surface area (Å²) in [4.78, 5) is 12.2. The van der Waals surface area contributed by atoms with Crippen molar-refractivity contribution in [2.24, 2.45) is 23.5 Å². The van der Waals surface area contributed by atoms with Crippen LogP contribution in [0.2, 0.25) is 0 Å². The van der Waals surface area contributed by atoms with Gasteiger partial charge in [-0.05, 0) is 43.2 Å². The van der Waals surface area contributed by atoms with Gasteiger partial charge in [-0.1, -0.05) is 0 Å². The number of carbonyl (C=O) groups is 1. The molecule has 20 heavy (non-hydrogen) atoms. The first kappa shape index (κ1) is 13.4. The van der Waals surface area contributed by atoms with Crippen molar-refractivity contribution in [1.82, 2.24) is 0 Å². The molecule has 0 heterocycles. The third-order valence-electron chi connectivity index (χ3n) is 4.58. The van der Waals surface area contributed by atoms with Gasteiger partial charge in [0.15, 0.2) is 17.5 Å². The van der Waals surface area contributed by atoms with E-state index in [1.165, 1.54) is 0 Å². The Bertz CT molecular complexity index is 562. The van der Waals surface area contributed by atoms with Crippen LogP contribution in [0.15, 0.2) is 12.1 Å². The molecule has 2 aliphatic rings. The van der Waals surface area contributed by atoms with E-state index >= 15 is 0 Å². The van der Waals surface area contributed by atoms with Crippen LogP contribution in [0.3, 0.4) is 0 Å². The van der Waals surface area contributed by atoms with Gasteiger partial charge in [0.25, 0.3) is 0 Å². The molecule has 0 spiro atoms. The normalized spacial score (nSPS) is 31.6. The third-order valence-corrected chi connectivity index (χ3v) is 4.58. The Morgan fingerprint density at radius 1 is 1.15 bits per heavy atom. The molecule has 108 valence electrons. The quantitative estimate of drug-likeness (QED) is 0.819. The zero-order chi connectivity index (χ0) is 14.4. The van der Waals surface area contributed by atoms with Crippen LogP contribution in [0.4, 0.5) is 18.9 Å². The summed E-state index contributed by atoms with van der Waals surface area (Å²) >= 11 is 0. The molecule has 1 aromatic rings. The highest BCUT2D eigenvalue weighted by molar-refractivity contribution is 5.93. The fourth-order valence-corrected chi connectivity index (χ4v) is 3.56. The Labute approximate surface area is 114 Å². The SMILES string of the molecule is NC1C2CCC(C2)C1C(=O)Nc1ccc(F)c(F)c1F. The van der Waals surface area contributed by atoms with Crippen molar-refractivity contribution in [2.75, 3.05) is 5.32 Å². The third kappa shape index (κ3) is 1.98. The van der Waals surface area contributed by atoms with Gasteiger partial charge in [0.1, 0.15) is 0 Å². The predicted octanol–water partition coefficient (Wildman–Crippen LogP) is 2.42. The topological polar surface area (TPSA) is 55.1 Å². The first-order valence-electron chi connectivity index (χ1n) is 6.69. The summed E-state index contributed by atoms with van der Waals surface area (Å²) in [6.45, 7) is 0. The fraction of sp³-hybridized carbons (Fsp3) is 0.500. The molecule has 0 saturated heterocycles. The number of carbonyl (C=O) groups excluding carboxylic acids is 1. The van der Waals surface area contributed by atoms with Crippen LogP contribution in [-0.2, 0) is 4.79 Å². The predicted molar refractivity (Wildman–Crippen MR) is 67.2 cm³/mol. The van der Waals surface area contributed by atoms with Crippen LogP contribution in [0, 0.1) is 35.2 Å². The maximum Gasteiger partial charge on any atom is 0.229 e. The van der Waals surface area contributed by atoms with E-state index in [1.807, 2.05) is 0 Å². The molecule has 0 aromatic heterocycles. The summed E-state index contributed by atoms with van der Waals surface area (Å²) in [5, 5.41) is 2.33. The van der Waals surface area contributed by atoms with Gasteiger partial charge in [-0.15, -0.1) is 0 Å². The van der Waals surface area contributed by atoms with Crippen LogP contribution in [0.25, 0.3) is 0 Å². The maximum atomic E-state index is 13.5. The van der Waals surface area contributed by atoms with Crippen molar-refractivity contribution >= 4 is 11.6 Å². The summed E-state index contributed by atoms with van der Waals surface area (Å²) in [5.41, 5.74) is 5.68. The molecule has 0 radical (unpaired) electrons. The lowest BCUT2D eigenvalue weighted by atomic mass is 9.84. The molecule has 3 rings (SSSR count). The van der Waals surface area contributed by atoms with E-state index < -0.39 is 23.4 Å². The standard InChI is InChI=1S/C14H15F3N2O/c15-8-3-4-9(12(17)11(8)16)19-14(20)10-6-1-2-7(5-6)13(10)18/h3-4,6-7,10,13H,1-2,5,18H2,(H,19,20). The number of nitrogens with two attached hydrogens (primary N) is 1. The van der Waals surface area contributed by atoms with Gasteiger partial charge < -0.3 is 11.1 Å². The largest absolute Gasteiger partial charge is 0.327 e. The van der Waals surface area contributed by atoms with Crippen molar-refractivity contribution < 1.29 is 18.0 Å². The van der Waals surface area contributed by atoms with Crippen molar-refractivity contribution in [2.45, 2.75) is 25.3 Å². The number of nitrogens with one attached hydrogen (secondary N) is 1. The number of benzene rings is 1. The molecule has 6 heteroatoms. The van der Waals surface area contributed by atoms with Crippen LogP contribution in [-0.4, -0.2) is 11.9 Å². The van der Waals surface area contributed by atoms with E-state index in [4.69, 9.17) is 5.73 Å². The molecule has 4 atom stereocenters. The molecule has 2 saturated carbocycles. The molecule has 3 nitrogen and oxygen atoms in total. The Morgan fingerprint density at radius 2 is 1.85 bits per heavy atom. The Morgan fingerprint density at radius 3 is 2.50 bits per heavy atom. The molecule has 3 N–H and O–H groups in total. The van der Waals surface area contributed by atoms with Crippen molar-refractivity contribution in [3.8, 4) is 0 Å². The molecule has 4 unspecified atom stereocenters. The minimum absolute atomic E-state index is 0.211. The molecule has 1 aromatic carbocycles. The van der Waals surface area contributed by atoms with Gasteiger partial charge >= 0.3 is 0 Å². The first-order chi connectivity index (χ1) is 9.49. The van der Waals surface area contributed by atoms with E-state index in [2.05, 4.69) is 5.32 Å². The second-order valence-corrected chi connectivity index (χ2v) is 5.65. The van der Waals surface area contributed by atoms with Gasteiger partial charge in [-0.3, -0.25) is 4.79 Å². The summed E-state index contributed by atoms with van der Waals surface area (Å²) in [6, 6.07) is 1.57. The lowest BCUT2D eigenvalue weighted by Crippen LogP contribution is -2.42. The highest BCUT2D eigenvalue weighted by Crippen LogP contribution is 2.47. The van der Waals surface area contributed by atoms with Gasteiger partial charge in [0.05, 0.1) is 11.6 Å². The minimum atomic E-state index is -1.58. The number of anilines is 1. The van der Waals surface area contributed by atoms with Gasteiger partial charge in [0.2, 0.25) is 5.91 Å². The molecule has 2 fully saturated rings. The van der Waals surface area contributed by atoms with E-state index in [-0.39, 0.29) is 23.6 Å². The molecule has 0 aliphatic heterocycles. The summed E-state index contributed by atoms with van der Waals surface area (Å²) < 4.78 is 39.5. The first-order valence-corrected chi connectivity index (χ1v) is 6.69. The number of halogens is 3. The number of hydrogen-bond acceptors (Lipinski definition) is 2. The Kier molecular flexibility index (Phi) is 3.20. The summed E-state index contributed by atoms with van der Waals surface area (Å²) in [6.07, 6.45) is 2.88. The van der Waals surface area contributed by atoms with E-state index in [9.17, 15) is 18.0 Å². The smallest absolute Gasteiger partial charge is 0.229 e. The van der Waals surface area contributed by atoms with Crippen LogP contribution in [0.5, 0.6) is 0 Å². The zero-order valence-corrected chi connectivity index (χ0v) is 10.7. The number of hydrogen-bond donors (Lipinski definition) is 2. The zero-order valence-electron chi connectivity index (χ0n) is 10.7. The van der Waals surface area contributed by atoms with Crippen molar-refractivity contribution in [3.05, 3.63) is 29.6 Å². The molecular formula is C14H15F3N2O. The van der Waals surface area contributed by atoms with Crippen molar-refractivity contribution in [3.63, 3.8) is 0 Å². The average molecular weight is 284 g/mol. The van der Waals surface area contributed by atoms with Gasteiger partial charge in [-0.25, -0.2) is 13.2 Å². The Balaban J connectivity index is 1.78. The Hall–Kier alpha value is -1.56. The monoisotopic (exact) mass is 284 g/mol. The lowest BCUT2D eigenvalue weighted by Gasteiger charge is -2.27. The second kappa shape index (κ2) is 4.77. The molecule has 1 amide bonds. The average Bonchev–Trinajstić information content (AvgIpc) is 3.00. The maximum absolute atomic E-state index is 13.5. The number of fused-ring (bicyclic) bond motifs is 2. The van der Waals surface area contributed by atoms with E-state index in [1.54, 1.807) is 0 Å². The van der Waals surface area contributed by atoms with E-state index in [0.717, 1.165) is 31.4 Å². The van der Waals surface area contributed by atoms with Crippen LogP contribution in [0.1, 0.15) is 19.3 Å². The van der Waals surface area contributed by atoms with Gasteiger partial charge in [0, 0.05) is 6.04 Å². The number of rotatable bonds is 2. The summed E-state index contributed by atoms with van der Waals surface area (Å²) in [5.74, 6) is -4.47. The van der Waals surface area contributed by atoms with Crippen LogP contribution < -0.4 is 11.1 Å². The highest BCUT2D eigenvalue weighted by atomic mass is 19.2. The van der Waals surface area contributed by atoms with Crippen molar-refractivity contribution in [1.29, 1.82) is 0 Å². The number of amides is 1. The molecule has 2 aliphatic carbocycles. The van der Waals surface area contributed by atoms with Gasteiger partial charge in [-0.2, -0.15) is 0 Å². The lowest BCUT2D eigenvalue weighted by molar-refractivity contribution is -0.121. The molecular weight excluding hydrogens is 269 g/mol. The minimum Gasteiger partial charge on any atom is -0.327 e.